The zero-order valence-corrected chi connectivity index (χ0v) is 18.8. The first-order chi connectivity index (χ1) is 15.0. The Kier molecular flexibility index (Phi) is 5.32. The van der Waals surface area contributed by atoms with Gasteiger partial charge in [0.15, 0.2) is 11.4 Å². The molecule has 1 aliphatic carbocycles. The van der Waals surface area contributed by atoms with Gasteiger partial charge < -0.3 is 14.2 Å². The second-order valence-corrected chi connectivity index (χ2v) is 9.16. The Balaban J connectivity index is 1.53. The maximum Gasteiger partial charge on any atom is 0.165 e. The lowest BCUT2D eigenvalue weighted by Crippen LogP contribution is -2.28. The zero-order chi connectivity index (χ0) is 21.5. The number of hydrogen-bond donors (Lipinski definition) is 0. The summed E-state index contributed by atoms with van der Waals surface area (Å²) in [6.45, 7) is 6.46. The average molecular weight is 435 g/mol. The van der Waals surface area contributed by atoms with E-state index in [9.17, 15) is 4.79 Å². The Morgan fingerprint density at radius 3 is 2.84 bits per heavy atom. The van der Waals surface area contributed by atoms with Crippen molar-refractivity contribution in [3.8, 4) is 0 Å². The van der Waals surface area contributed by atoms with Gasteiger partial charge >= 0.3 is 0 Å². The summed E-state index contributed by atoms with van der Waals surface area (Å²) in [5.41, 5.74) is 5.61. The predicted octanol–water partition coefficient (Wildman–Crippen LogP) is 4.75. The molecule has 0 saturated carbocycles. The highest BCUT2D eigenvalue weighted by Gasteiger charge is 2.25. The third kappa shape index (κ3) is 3.88. The minimum atomic E-state index is 0.126. The number of fused-ring (bicyclic) bond motifs is 2. The number of halogens is 1. The number of pyridine rings is 1. The monoisotopic (exact) mass is 434 g/mol. The lowest BCUT2D eigenvalue weighted by molar-refractivity contribution is -0.113. The Bertz CT molecular complexity index is 1180. The fourth-order valence-electron chi connectivity index (χ4n) is 4.68. The molecule has 1 atom stereocenters. The molecule has 1 aliphatic heterocycles. The third-order valence-electron chi connectivity index (χ3n) is 6.49. The molecule has 0 radical (unpaired) electrons. The Hall–Kier alpha value is -2.63. The highest BCUT2D eigenvalue weighted by molar-refractivity contribution is 6.33. The molecular weight excluding hydrogens is 408 g/mol. The lowest BCUT2D eigenvalue weighted by atomic mass is 9.93. The quantitative estimate of drug-likeness (QED) is 0.583. The van der Waals surface area contributed by atoms with Gasteiger partial charge in [-0.2, -0.15) is 0 Å². The number of allylic oxidation sites excluding steroid dienone is 1. The summed E-state index contributed by atoms with van der Waals surface area (Å²) in [5.74, 6) is 0.285. The van der Waals surface area contributed by atoms with Crippen molar-refractivity contribution in [2.75, 3.05) is 38.1 Å². The molecule has 5 rings (SSSR count). The summed E-state index contributed by atoms with van der Waals surface area (Å²) in [4.78, 5) is 22.7. The van der Waals surface area contributed by atoms with Crippen LogP contribution in [0.3, 0.4) is 0 Å². The molecule has 3 heterocycles. The van der Waals surface area contributed by atoms with Crippen molar-refractivity contribution < 1.29 is 4.79 Å². The van der Waals surface area contributed by atoms with Crippen LogP contribution in [0.2, 0.25) is 5.02 Å². The molecule has 0 spiro atoms. The molecule has 5 nitrogen and oxygen atoms in total. The highest BCUT2D eigenvalue weighted by atomic mass is 35.5. The van der Waals surface area contributed by atoms with Crippen LogP contribution in [-0.2, 0) is 4.79 Å². The van der Waals surface area contributed by atoms with E-state index in [4.69, 9.17) is 11.6 Å². The van der Waals surface area contributed by atoms with E-state index in [1.165, 1.54) is 17.7 Å². The Labute approximate surface area is 187 Å². The molecule has 0 N–H and O–H groups in total. The number of carbonyl (C=O) groups excluding carboxylic acids is 1. The average Bonchev–Trinajstić information content (AvgIpc) is 3.01. The van der Waals surface area contributed by atoms with Gasteiger partial charge in [-0.25, -0.2) is 4.98 Å². The van der Waals surface area contributed by atoms with Gasteiger partial charge in [0.1, 0.15) is 0 Å². The molecule has 0 bridgehead atoms. The van der Waals surface area contributed by atoms with Crippen molar-refractivity contribution in [2.45, 2.75) is 25.7 Å². The molecule has 1 saturated heterocycles. The van der Waals surface area contributed by atoms with Crippen LogP contribution in [0.25, 0.3) is 17.3 Å². The topological polar surface area (TPSA) is 40.9 Å². The van der Waals surface area contributed by atoms with Crippen molar-refractivity contribution in [1.82, 2.24) is 14.3 Å². The fraction of sp³-hybridized carbons (Fsp3) is 0.360. The lowest BCUT2D eigenvalue weighted by Gasteiger charge is -2.24. The van der Waals surface area contributed by atoms with Gasteiger partial charge in [0.25, 0.3) is 0 Å². The summed E-state index contributed by atoms with van der Waals surface area (Å²) in [5, 5.41) is 0.580. The molecule has 2 aliphatic rings. The van der Waals surface area contributed by atoms with E-state index in [1.807, 2.05) is 35.0 Å². The van der Waals surface area contributed by atoms with E-state index in [1.54, 1.807) is 0 Å². The first-order valence-corrected chi connectivity index (χ1v) is 11.3. The molecule has 3 aromatic rings. The second kappa shape index (κ2) is 8.13. The molecule has 1 unspecified atom stereocenters. The van der Waals surface area contributed by atoms with Gasteiger partial charge in [0, 0.05) is 49.7 Å². The standard InChI is InChI=1S/C25H27ClN4O/c1-17-13-24(31)21(23-16-30-9-3-5-22(26)25(30)27-23)14-18-6-7-19(15-20(17)18)29-10-4-8-28(2)11-12-29/h3,5-7,9,14-17H,4,8,10-13H2,1-2H3. The molecule has 6 heteroatoms. The smallest absolute Gasteiger partial charge is 0.165 e. The largest absolute Gasteiger partial charge is 0.370 e. The van der Waals surface area contributed by atoms with Gasteiger partial charge in [-0.1, -0.05) is 24.6 Å². The van der Waals surface area contributed by atoms with Crippen LogP contribution in [-0.4, -0.2) is 53.3 Å². The molecule has 31 heavy (non-hydrogen) atoms. The van der Waals surface area contributed by atoms with Gasteiger partial charge in [0.2, 0.25) is 0 Å². The summed E-state index contributed by atoms with van der Waals surface area (Å²) in [6, 6.07) is 10.3. The summed E-state index contributed by atoms with van der Waals surface area (Å²) in [6.07, 6.45) is 7.45. The maximum absolute atomic E-state index is 13.2. The number of hydrogen-bond acceptors (Lipinski definition) is 4. The molecular formula is C25H27ClN4O. The van der Waals surface area contributed by atoms with Crippen LogP contribution in [0.15, 0.2) is 42.7 Å². The number of Topliss-reactive ketones (excluding diaryl/α,β-unsaturated/α-hetero) is 1. The van der Waals surface area contributed by atoms with Crippen LogP contribution < -0.4 is 4.90 Å². The minimum absolute atomic E-state index is 0.126. The van der Waals surface area contributed by atoms with Gasteiger partial charge in [-0.05, 0) is 67.4 Å². The van der Waals surface area contributed by atoms with Crippen LogP contribution in [0.4, 0.5) is 5.69 Å². The normalized spacial score (nSPS) is 20.4. The van der Waals surface area contributed by atoms with E-state index in [0.29, 0.717) is 28.4 Å². The van der Waals surface area contributed by atoms with Crippen molar-refractivity contribution in [3.63, 3.8) is 0 Å². The van der Waals surface area contributed by atoms with E-state index < -0.39 is 0 Å². The Morgan fingerprint density at radius 2 is 2.00 bits per heavy atom. The number of aromatic nitrogens is 2. The first kappa shape index (κ1) is 20.3. The summed E-state index contributed by atoms with van der Waals surface area (Å²) in [7, 11) is 2.19. The van der Waals surface area contributed by atoms with Crippen molar-refractivity contribution in [2.24, 2.45) is 0 Å². The van der Waals surface area contributed by atoms with Crippen molar-refractivity contribution in [3.05, 3.63) is 64.6 Å². The van der Waals surface area contributed by atoms with E-state index in [2.05, 4.69) is 47.0 Å². The van der Waals surface area contributed by atoms with Gasteiger partial charge in [-0.3, -0.25) is 4.79 Å². The second-order valence-electron chi connectivity index (χ2n) is 8.76. The van der Waals surface area contributed by atoms with Crippen LogP contribution >= 0.6 is 11.6 Å². The number of carbonyl (C=O) groups is 1. The summed E-state index contributed by atoms with van der Waals surface area (Å²) < 4.78 is 1.88. The predicted molar refractivity (Wildman–Crippen MR) is 127 cm³/mol. The van der Waals surface area contributed by atoms with Gasteiger partial charge in [-0.15, -0.1) is 0 Å². The van der Waals surface area contributed by atoms with Gasteiger partial charge in [0.05, 0.1) is 10.7 Å². The van der Waals surface area contributed by atoms with Crippen LogP contribution in [0.5, 0.6) is 0 Å². The maximum atomic E-state index is 13.2. The molecule has 1 aromatic carbocycles. The molecule has 2 aromatic heterocycles. The fourth-order valence-corrected chi connectivity index (χ4v) is 4.89. The highest BCUT2D eigenvalue weighted by Crippen LogP contribution is 2.36. The number of rotatable bonds is 2. The number of ketones is 1. The summed E-state index contributed by atoms with van der Waals surface area (Å²) >= 11 is 6.30. The number of likely N-dealkylation sites (N-methyl/N-ethyl adjacent to an activating group) is 1. The molecule has 160 valence electrons. The van der Waals surface area contributed by atoms with E-state index in [0.717, 1.165) is 31.7 Å². The van der Waals surface area contributed by atoms with Crippen LogP contribution in [0, 0.1) is 0 Å². The number of imidazole rings is 1. The van der Waals surface area contributed by atoms with E-state index in [-0.39, 0.29) is 11.7 Å². The minimum Gasteiger partial charge on any atom is -0.370 e. The zero-order valence-electron chi connectivity index (χ0n) is 18.0. The first-order valence-electron chi connectivity index (χ1n) is 11.0. The number of benzene rings is 1. The Morgan fingerprint density at radius 1 is 1.13 bits per heavy atom. The van der Waals surface area contributed by atoms with E-state index >= 15 is 0 Å². The van der Waals surface area contributed by atoms with Crippen LogP contribution in [0.1, 0.15) is 42.5 Å². The van der Waals surface area contributed by atoms with Crippen molar-refractivity contribution in [1.29, 1.82) is 0 Å². The molecule has 0 amide bonds. The number of anilines is 1. The van der Waals surface area contributed by atoms with Crippen molar-refractivity contribution >= 4 is 40.4 Å². The third-order valence-corrected chi connectivity index (χ3v) is 6.78. The molecule has 1 fully saturated rings. The number of nitrogens with zero attached hydrogens (tertiary/aromatic N) is 4. The SMILES string of the molecule is CC1CC(=O)C(c2cn3cccc(Cl)c3n2)=Cc2ccc(N3CCCN(C)CC3)cc21.